The molecule has 1 N–H and O–H groups in total. The van der Waals surface area contributed by atoms with E-state index in [1.54, 1.807) is 7.11 Å². The number of hydrogen-bond donors (Lipinski definition) is 1. The molecule has 5 nitrogen and oxygen atoms in total. The topological polar surface area (TPSA) is 56.3 Å². The molecule has 0 amide bonds. The molecule has 0 aliphatic heterocycles. The normalized spacial score (nSPS) is 12.2. The van der Waals surface area contributed by atoms with Crippen molar-refractivity contribution in [3.05, 3.63) is 11.9 Å². The van der Waals surface area contributed by atoms with Gasteiger partial charge in [0.05, 0.1) is 24.8 Å². The fourth-order valence-electron chi connectivity index (χ4n) is 1.38. The van der Waals surface area contributed by atoms with Gasteiger partial charge in [-0.3, -0.25) is 0 Å². The van der Waals surface area contributed by atoms with Crippen molar-refractivity contribution in [2.45, 2.75) is 19.9 Å². The molecule has 0 radical (unpaired) electrons. The molecule has 96 valence electrons. The summed E-state index contributed by atoms with van der Waals surface area (Å²) in [5.74, 6) is 1.77. The van der Waals surface area contributed by atoms with Gasteiger partial charge in [0.2, 0.25) is 5.88 Å². The summed E-state index contributed by atoms with van der Waals surface area (Å²) in [6, 6.07) is 0.0183. The molecule has 0 aliphatic carbocycles. The molecule has 0 aromatic carbocycles. The van der Waals surface area contributed by atoms with E-state index in [9.17, 15) is 0 Å². The molecular weight excluding hydrogens is 242 g/mol. The van der Waals surface area contributed by atoms with Crippen molar-refractivity contribution in [1.29, 1.82) is 0 Å². The van der Waals surface area contributed by atoms with Crippen LogP contribution in [0, 0.1) is 6.92 Å². The Hall–Kier alpha value is -1.07. The first kappa shape index (κ1) is 14.0. The highest BCUT2D eigenvalue weighted by Gasteiger charge is 2.12. The number of aromatic nitrogens is 2. The van der Waals surface area contributed by atoms with Crippen LogP contribution in [-0.4, -0.2) is 42.2 Å². The van der Waals surface area contributed by atoms with Gasteiger partial charge in [-0.15, -0.1) is 11.6 Å². The molecule has 0 spiro atoms. The van der Waals surface area contributed by atoms with Gasteiger partial charge in [0.1, 0.15) is 12.1 Å². The molecule has 17 heavy (non-hydrogen) atoms. The fraction of sp³-hybridized carbons (Fsp3) is 0.636. The maximum absolute atomic E-state index is 5.83. The van der Waals surface area contributed by atoms with Crippen molar-refractivity contribution in [3.63, 3.8) is 0 Å². The van der Waals surface area contributed by atoms with Crippen LogP contribution in [-0.2, 0) is 4.74 Å². The summed E-state index contributed by atoms with van der Waals surface area (Å²) < 4.78 is 10.5. The van der Waals surface area contributed by atoms with E-state index in [0.717, 1.165) is 11.4 Å². The summed E-state index contributed by atoms with van der Waals surface area (Å²) in [5, 5.41) is 3.21. The summed E-state index contributed by atoms with van der Waals surface area (Å²) in [6.45, 7) is 4.93. The monoisotopic (exact) mass is 259 g/mol. The average molecular weight is 260 g/mol. The number of ether oxygens (including phenoxy) is 2. The molecule has 1 atom stereocenters. The van der Waals surface area contributed by atoms with Crippen molar-refractivity contribution in [3.8, 4) is 5.88 Å². The molecule has 1 aromatic heterocycles. The number of hydrogen-bond acceptors (Lipinski definition) is 5. The first-order chi connectivity index (χ1) is 8.22. The lowest BCUT2D eigenvalue weighted by atomic mass is 10.3. The Labute approximate surface area is 107 Å². The molecule has 1 rings (SSSR count). The average Bonchev–Trinajstić information content (AvgIpc) is 2.33. The lowest BCUT2D eigenvalue weighted by molar-refractivity contribution is 0.191. The SMILES string of the molecule is CCOc1ncnc(NC(CCl)COC)c1C. The van der Waals surface area contributed by atoms with E-state index in [2.05, 4.69) is 15.3 Å². The van der Waals surface area contributed by atoms with Crippen molar-refractivity contribution >= 4 is 17.4 Å². The summed E-state index contributed by atoms with van der Waals surface area (Å²) in [5.41, 5.74) is 0.876. The van der Waals surface area contributed by atoms with Crippen molar-refractivity contribution in [1.82, 2.24) is 9.97 Å². The molecule has 1 heterocycles. The molecule has 0 bridgehead atoms. The van der Waals surface area contributed by atoms with Gasteiger partial charge in [-0.25, -0.2) is 9.97 Å². The van der Waals surface area contributed by atoms with Crippen molar-refractivity contribution in [2.75, 3.05) is 31.5 Å². The van der Waals surface area contributed by atoms with E-state index in [-0.39, 0.29) is 6.04 Å². The summed E-state index contributed by atoms with van der Waals surface area (Å²) >= 11 is 5.83. The zero-order valence-electron chi connectivity index (χ0n) is 10.4. The Morgan fingerprint density at radius 2 is 2.24 bits per heavy atom. The molecule has 1 aromatic rings. The number of halogens is 1. The zero-order chi connectivity index (χ0) is 12.7. The van der Waals surface area contributed by atoms with Gasteiger partial charge in [0.15, 0.2) is 0 Å². The zero-order valence-corrected chi connectivity index (χ0v) is 11.1. The highest BCUT2D eigenvalue weighted by molar-refractivity contribution is 6.18. The largest absolute Gasteiger partial charge is 0.478 e. The van der Waals surface area contributed by atoms with Crippen LogP contribution in [0.1, 0.15) is 12.5 Å². The third-order valence-electron chi connectivity index (χ3n) is 2.21. The molecule has 0 saturated carbocycles. The Kier molecular flexibility index (Phi) is 6.00. The van der Waals surface area contributed by atoms with E-state index in [4.69, 9.17) is 21.1 Å². The van der Waals surface area contributed by atoms with Crippen LogP contribution in [0.2, 0.25) is 0 Å². The van der Waals surface area contributed by atoms with Gasteiger partial charge in [-0.2, -0.15) is 0 Å². The maximum Gasteiger partial charge on any atom is 0.221 e. The van der Waals surface area contributed by atoms with E-state index in [1.165, 1.54) is 6.33 Å². The summed E-state index contributed by atoms with van der Waals surface area (Å²) in [7, 11) is 1.64. The van der Waals surface area contributed by atoms with Crippen LogP contribution in [0.15, 0.2) is 6.33 Å². The minimum atomic E-state index is 0.0183. The van der Waals surface area contributed by atoms with E-state index < -0.39 is 0 Å². The van der Waals surface area contributed by atoms with Crippen LogP contribution in [0.3, 0.4) is 0 Å². The van der Waals surface area contributed by atoms with Gasteiger partial charge in [0, 0.05) is 13.0 Å². The lowest BCUT2D eigenvalue weighted by Gasteiger charge is -2.17. The van der Waals surface area contributed by atoms with Gasteiger partial charge in [-0.1, -0.05) is 0 Å². The van der Waals surface area contributed by atoms with Crippen LogP contribution in [0.5, 0.6) is 5.88 Å². The van der Waals surface area contributed by atoms with Crippen LogP contribution in [0.4, 0.5) is 5.82 Å². The second-order valence-electron chi connectivity index (χ2n) is 3.54. The van der Waals surface area contributed by atoms with Gasteiger partial charge in [0.25, 0.3) is 0 Å². The predicted octanol–water partition coefficient (Wildman–Crippen LogP) is 1.85. The molecule has 1 unspecified atom stereocenters. The minimum absolute atomic E-state index is 0.0183. The number of anilines is 1. The smallest absolute Gasteiger partial charge is 0.221 e. The first-order valence-electron chi connectivity index (χ1n) is 5.48. The van der Waals surface area contributed by atoms with Crippen LogP contribution < -0.4 is 10.1 Å². The Morgan fingerprint density at radius 1 is 1.47 bits per heavy atom. The first-order valence-corrected chi connectivity index (χ1v) is 6.02. The highest BCUT2D eigenvalue weighted by atomic mass is 35.5. The third kappa shape index (κ3) is 4.02. The van der Waals surface area contributed by atoms with E-state index in [0.29, 0.717) is 25.0 Å². The Morgan fingerprint density at radius 3 is 2.82 bits per heavy atom. The standard InChI is InChI=1S/C11H18ClN3O2/c1-4-17-11-8(2)10(13-7-14-11)15-9(5-12)6-16-3/h7,9H,4-6H2,1-3H3,(H,13,14,15). The Bertz CT molecular complexity index is 349. The highest BCUT2D eigenvalue weighted by Crippen LogP contribution is 2.20. The number of nitrogens with zero attached hydrogens (tertiary/aromatic N) is 2. The quantitative estimate of drug-likeness (QED) is 0.758. The number of methoxy groups -OCH3 is 1. The molecule has 0 aliphatic rings. The lowest BCUT2D eigenvalue weighted by Crippen LogP contribution is -2.27. The number of alkyl halides is 1. The van der Waals surface area contributed by atoms with Crippen LogP contribution in [0.25, 0.3) is 0 Å². The summed E-state index contributed by atoms with van der Waals surface area (Å²) in [6.07, 6.45) is 1.47. The molecule has 6 heteroatoms. The number of nitrogens with one attached hydrogen (secondary N) is 1. The molecule has 0 fully saturated rings. The third-order valence-corrected chi connectivity index (χ3v) is 2.59. The molecular formula is C11H18ClN3O2. The predicted molar refractivity (Wildman–Crippen MR) is 67.9 cm³/mol. The van der Waals surface area contributed by atoms with Gasteiger partial charge < -0.3 is 14.8 Å². The van der Waals surface area contributed by atoms with E-state index in [1.807, 2.05) is 13.8 Å². The van der Waals surface area contributed by atoms with Gasteiger partial charge >= 0.3 is 0 Å². The van der Waals surface area contributed by atoms with Crippen molar-refractivity contribution in [2.24, 2.45) is 0 Å². The fourth-order valence-corrected chi connectivity index (χ4v) is 1.55. The Balaban J connectivity index is 2.79. The minimum Gasteiger partial charge on any atom is -0.478 e. The van der Waals surface area contributed by atoms with E-state index >= 15 is 0 Å². The second-order valence-corrected chi connectivity index (χ2v) is 3.84. The van der Waals surface area contributed by atoms with Gasteiger partial charge in [-0.05, 0) is 13.8 Å². The molecule has 0 saturated heterocycles. The number of rotatable bonds is 7. The summed E-state index contributed by atoms with van der Waals surface area (Å²) in [4.78, 5) is 8.24. The second kappa shape index (κ2) is 7.29. The van der Waals surface area contributed by atoms with Crippen molar-refractivity contribution < 1.29 is 9.47 Å². The van der Waals surface area contributed by atoms with Crippen LogP contribution >= 0.6 is 11.6 Å². The maximum atomic E-state index is 5.83.